The summed E-state index contributed by atoms with van der Waals surface area (Å²) in [4.78, 5) is 26.1. The SMILES string of the molecule is O=C1COc2ccc(C(=O)/C=C/c3ccc(N4CCOCC4)cc3)cc2N1. The molecule has 0 radical (unpaired) electrons. The lowest BCUT2D eigenvalue weighted by Crippen LogP contribution is -2.36. The fourth-order valence-electron chi connectivity index (χ4n) is 3.12. The van der Waals surface area contributed by atoms with Crippen LogP contribution < -0.4 is 15.0 Å². The molecule has 2 heterocycles. The molecule has 2 aliphatic heterocycles. The molecule has 6 heteroatoms. The van der Waals surface area contributed by atoms with Crippen LogP contribution in [0.1, 0.15) is 15.9 Å². The predicted molar refractivity (Wildman–Crippen MR) is 103 cm³/mol. The molecule has 1 fully saturated rings. The van der Waals surface area contributed by atoms with Crippen molar-refractivity contribution in [2.75, 3.05) is 43.1 Å². The van der Waals surface area contributed by atoms with Crippen LogP contribution >= 0.6 is 0 Å². The molecule has 0 unspecified atom stereocenters. The minimum Gasteiger partial charge on any atom is -0.482 e. The van der Waals surface area contributed by atoms with Gasteiger partial charge in [-0.05, 0) is 42.0 Å². The fraction of sp³-hybridized carbons (Fsp3) is 0.238. The number of anilines is 2. The molecular formula is C21H20N2O4. The van der Waals surface area contributed by atoms with Crippen LogP contribution in [0, 0.1) is 0 Å². The van der Waals surface area contributed by atoms with Gasteiger partial charge >= 0.3 is 0 Å². The number of fused-ring (bicyclic) bond motifs is 1. The summed E-state index contributed by atoms with van der Waals surface area (Å²) in [5.41, 5.74) is 3.14. The van der Waals surface area contributed by atoms with Crippen LogP contribution in [0.25, 0.3) is 6.08 Å². The number of hydrogen-bond acceptors (Lipinski definition) is 5. The number of allylic oxidation sites excluding steroid dienone is 1. The lowest BCUT2D eigenvalue weighted by molar-refractivity contribution is -0.118. The van der Waals surface area contributed by atoms with E-state index in [4.69, 9.17) is 9.47 Å². The molecule has 0 aliphatic carbocycles. The van der Waals surface area contributed by atoms with Gasteiger partial charge in [0.25, 0.3) is 5.91 Å². The molecule has 27 heavy (non-hydrogen) atoms. The Bertz CT molecular complexity index is 884. The number of rotatable bonds is 4. The van der Waals surface area contributed by atoms with E-state index in [1.165, 1.54) is 6.08 Å². The van der Waals surface area contributed by atoms with Gasteiger partial charge in [0.1, 0.15) is 5.75 Å². The smallest absolute Gasteiger partial charge is 0.262 e. The highest BCUT2D eigenvalue weighted by Gasteiger charge is 2.17. The van der Waals surface area contributed by atoms with Gasteiger partial charge in [0.15, 0.2) is 12.4 Å². The Morgan fingerprint density at radius 2 is 1.85 bits per heavy atom. The first-order chi connectivity index (χ1) is 13.2. The molecule has 1 amide bonds. The van der Waals surface area contributed by atoms with E-state index < -0.39 is 0 Å². The minimum absolute atomic E-state index is 0.000639. The molecule has 1 saturated heterocycles. The Balaban J connectivity index is 1.44. The molecule has 0 atom stereocenters. The zero-order chi connectivity index (χ0) is 18.6. The molecule has 0 bridgehead atoms. The number of amides is 1. The molecule has 0 aromatic heterocycles. The van der Waals surface area contributed by atoms with Crippen LogP contribution in [-0.4, -0.2) is 44.6 Å². The second-order valence-corrected chi connectivity index (χ2v) is 6.44. The van der Waals surface area contributed by atoms with Crippen molar-refractivity contribution in [1.82, 2.24) is 0 Å². The maximum Gasteiger partial charge on any atom is 0.262 e. The molecule has 4 rings (SSSR count). The molecule has 2 aromatic rings. The molecule has 138 valence electrons. The quantitative estimate of drug-likeness (QED) is 0.667. The van der Waals surface area contributed by atoms with Gasteiger partial charge in [-0.25, -0.2) is 0 Å². The first kappa shape index (κ1) is 17.3. The summed E-state index contributed by atoms with van der Waals surface area (Å²) in [6.07, 6.45) is 3.33. The number of hydrogen-bond donors (Lipinski definition) is 1. The van der Waals surface area contributed by atoms with Crippen LogP contribution in [0.5, 0.6) is 5.75 Å². The zero-order valence-corrected chi connectivity index (χ0v) is 14.8. The standard InChI is InChI=1S/C21H20N2O4/c24-19(16-4-8-20-18(13-16)22-21(25)14-27-20)7-3-15-1-5-17(6-2-15)23-9-11-26-12-10-23/h1-8,13H,9-12,14H2,(H,22,25)/b7-3+. The van der Waals surface area contributed by atoms with Crippen molar-refractivity contribution >= 4 is 29.1 Å². The molecule has 2 aromatic carbocycles. The van der Waals surface area contributed by atoms with E-state index in [-0.39, 0.29) is 18.3 Å². The Morgan fingerprint density at radius 3 is 2.63 bits per heavy atom. The van der Waals surface area contributed by atoms with Gasteiger partial charge in [-0.15, -0.1) is 0 Å². The van der Waals surface area contributed by atoms with E-state index in [1.54, 1.807) is 24.3 Å². The first-order valence-electron chi connectivity index (χ1n) is 8.91. The van der Waals surface area contributed by atoms with Gasteiger partial charge in [-0.2, -0.15) is 0 Å². The lowest BCUT2D eigenvalue weighted by atomic mass is 10.1. The van der Waals surface area contributed by atoms with E-state index in [2.05, 4.69) is 22.3 Å². The zero-order valence-electron chi connectivity index (χ0n) is 14.8. The van der Waals surface area contributed by atoms with Crippen molar-refractivity contribution in [3.05, 3.63) is 59.7 Å². The van der Waals surface area contributed by atoms with Crippen molar-refractivity contribution in [2.24, 2.45) is 0 Å². The van der Waals surface area contributed by atoms with E-state index in [9.17, 15) is 9.59 Å². The van der Waals surface area contributed by atoms with E-state index in [0.29, 0.717) is 17.0 Å². The highest BCUT2D eigenvalue weighted by molar-refractivity contribution is 6.08. The Hall–Kier alpha value is -3.12. The lowest BCUT2D eigenvalue weighted by Gasteiger charge is -2.28. The Labute approximate surface area is 157 Å². The van der Waals surface area contributed by atoms with Gasteiger partial charge in [0.2, 0.25) is 0 Å². The third kappa shape index (κ3) is 4.01. The first-order valence-corrected chi connectivity index (χ1v) is 8.91. The molecule has 0 saturated carbocycles. The highest BCUT2D eigenvalue weighted by Crippen LogP contribution is 2.28. The monoisotopic (exact) mass is 364 g/mol. The second-order valence-electron chi connectivity index (χ2n) is 6.44. The number of ether oxygens (including phenoxy) is 2. The highest BCUT2D eigenvalue weighted by atomic mass is 16.5. The van der Waals surface area contributed by atoms with Crippen LogP contribution in [-0.2, 0) is 9.53 Å². The number of nitrogens with zero attached hydrogens (tertiary/aromatic N) is 1. The fourth-order valence-corrected chi connectivity index (χ4v) is 3.12. The van der Waals surface area contributed by atoms with E-state index in [1.807, 2.05) is 12.1 Å². The summed E-state index contributed by atoms with van der Waals surface area (Å²) in [7, 11) is 0. The third-order valence-electron chi connectivity index (χ3n) is 4.59. The number of morpholine rings is 1. The van der Waals surface area contributed by atoms with Crippen molar-refractivity contribution < 1.29 is 19.1 Å². The van der Waals surface area contributed by atoms with Gasteiger partial charge < -0.3 is 19.7 Å². The molecule has 1 N–H and O–H groups in total. The molecule has 2 aliphatic rings. The average Bonchev–Trinajstić information content (AvgIpc) is 2.72. The van der Waals surface area contributed by atoms with Crippen LogP contribution in [0.2, 0.25) is 0 Å². The van der Waals surface area contributed by atoms with Crippen molar-refractivity contribution in [1.29, 1.82) is 0 Å². The third-order valence-corrected chi connectivity index (χ3v) is 4.59. The van der Waals surface area contributed by atoms with E-state index >= 15 is 0 Å². The summed E-state index contributed by atoms with van der Waals surface area (Å²) in [5.74, 6) is 0.228. The normalized spacial score (nSPS) is 16.6. The van der Waals surface area contributed by atoms with Gasteiger partial charge in [-0.3, -0.25) is 9.59 Å². The van der Waals surface area contributed by atoms with Gasteiger partial charge in [0, 0.05) is 24.3 Å². The number of ketones is 1. The molecule has 6 nitrogen and oxygen atoms in total. The Kier molecular flexibility index (Phi) is 4.89. The van der Waals surface area contributed by atoms with Crippen molar-refractivity contribution in [3.8, 4) is 5.75 Å². The molecule has 0 spiro atoms. The van der Waals surface area contributed by atoms with E-state index in [0.717, 1.165) is 37.6 Å². The molecular weight excluding hydrogens is 344 g/mol. The van der Waals surface area contributed by atoms with Crippen LogP contribution in [0.3, 0.4) is 0 Å². The number of benzene rings is 2. The number of carbonyl (C=O) groups excluding carboxylic acids is 2. The number of carbonyl (C=O) groups is 2. The topological polar surface area (TPSA) is 67.9 Å². The summed E-state index contributed by atoms with van der Waals surface area (Å²) < 4.78 is 10.7. The summed E-state index contributed by atoms with van der Waals surface area (Å²) >= 11 is 0. The van der Waals surface area contributed by atoms with Crippen LogP contribution in [0.15, 0.2) is 48.5 Å². The second kappa shape index (κ2) is 7.63. The summed E-state index contributed by atoms with van der Waals surface area (Å²) in [6.45, 7) is 3.30. The van der Waals surface area contributed by atoms with Gasteiger partial charge in [-0.1, -0.05) is 18.2 Å². The van der Waals surface area contributed by atoms with Crippen molar-refractivity contribution in [3.63, 3.8) is 0 Å². The summed E-state index contributed by atoms with van der Waals surface area (Å²) in [5, 5.41) is 2.71. The predicted octanol–water partition coefficient (Wildman–Crippen LogP) is 2.75. The maximum absolute atomic E-state index is 12.4. The minimum atomic E-state index is -0.219. The Morgan fingerprint density at radius 1 is 1.07 bits per heavy atom. The average molecular weight is 364 g/mol. The van der Waals surface area contributed by atoms with Gasteiger partial charge in [0.05, 0.1) is 18.9 Å². The van der Waals surface area contributed by atoms with Crippen LogP contribution in [0.4, 0.5) is 11.4 Å². The van der Waals surface area contributed by atoms with Crippen molar-refractivity contribution in [2.45, 2.75) is 0 Å². The largest absolute Gasteiger partial charge is 0.482 e. The maximum atomic E-state index is 12.4. The number of nitrogens with one attached hydrogen (secondary N) is 1. The summed E-state index contributed by atoms with van der Waals surface area (Å²) in [6, 6.07) is 13.1.